The Morgan fingerprint density at radius 1 is 1.22 bits per heavy atom. The van der Waals surface area contributed by atoms with Crippen LogP contribution in [0.4, 0.5) is 0 Å². The molecule has 0 aromatic heterocycles. The predicted molar refractivity (Wildman–Crippen MR) is 71.5 cm³/mol. The van der Waals surface area contributed by atoms with Gasteiger partial charge in [-0.05, 0) is 39.2 Å². The molecule has 0 aromatic carbocycles. The number of carbonyl (C=O) groups excluding carboxylic acids is 1. The summed E-state index contributed by atoms with van der Waals surface area (Å²) < 4.78 is 5.72. The number of hydrogen-bond acceptors (Lipinski definition) is 3. The topological polar surface area (TPSA) is 50.4 Å². The highest BCUT2D eigenvalue weighted by Crippen LogP contribution is 2.17. The molecule has 18 heavy (non-hydrogen) atoms. The van der Waals surface area contributed by atoms with E-state index in [1.165, 1.54) is 19.3 Å². The van der Waals surface area contributed by atoms with E-state index in [1.54, 1.807) is 0 Å². The molecular formula is C14H26N2O2. The molecule has 4 nitrogen and oxygen atoms in total. The van der Waals surface area contributed by atoms with Gasteiger partial charge in [0.25, 0.3) is 0 Å². The first-order valence-electron chi connectivity index (χ1n) is 7.40. The highest BCUT2D eigenvalue weighted by Gasteiger charge is 2.23. The Morgan fingerprint density at radius 2 is 2.00 bits per heavy atom. The van der Waals surface area contributed by atoms with Crippen molar-refractivity contribution in [1.29, 1.82) is 0 Å². The Hall–Kier alpha value is -0.610. The summed E-state index contributed by atoms with van der Waals surface area (Å²) in [6.07, 6.45) is 8.46. The van der Waals surface area contributed by atoms with Crippen LogP contribution in [0.1, 0.15) is 51.9 Å². The first-order valence-corrected chi connectivity index (χ1v) is 7.40. The maximum atomic E-state index is 11.8. The van der Waals surface area contributed by atoms with Gasteiger partial charge >= 0.3 is 0 Å². The van der Waals surface area contributed by atoms with Crippen molar-refractivity contribution in [3.8, 4) is 0 Å². The standard InChI is InChI=1S/C14H26N2O2/c1-11-13(8-5-9-15-11)18-10-14(17)16-12-6-3-2-4-7-12/h11-13,15H,2-10H2,1H3,(H,16,17). The summed E-state index contributed by atoms with van der Waals surface area (Å²) in [7, 11) is 0. The molecule has 2 rings (SSSR count). The van der Waals surface area contributed by atoms with E-state index in [4.69, 9.17) is 4.74 Å². The smallest absolute Gasteiger partial charge is 0.246 e. The van der Waals surface area contributed by atoms with Gasteiger partial charge in [-0.15, -0.1) is 0 Å². The van der Waals surface area contributed by atoms with Gasteiger partial charge in [-0.3, -0.25) is 4.79 Å². The average Bonchev–Trinajstić information content (AvgIpc) is 2.39. The number of piperidine rings is 1. The monoisotopic (exact) mass is 254 g/mol. The fourth-order valence-corrected chi connectivity index (χ4v) is 2.94. The molecule has 1 amide bonds. The van der Waals surface area contributed by atoms with Gasteiger partial charge in [-0.1, -0.05) is 19.3 Å². The molecule has 0 spiro atoms. The second-order valence-corrected chi connectivity index (χ2v) is 5.64. The second kappa shape index (κ2) is 7.10. The molecule has 4 heteroatoms. The number of amides is 1. The van der Waals surface area contributed by atoms with Crippen LogP contribution in [0.2, 0.25) is 0 Å². The molecule has 2 atom stereocenters. The van der Waals surface area contributed by atoms with Gasteiger partial charge in [0.15, 0.2) is 0 Å². The third-order valence-electron chi connectivity index (χ3n) is 4.09. The molecule has 2 aliphatic rings. The number of rotatable bonds is 4. The molecular weight excluding hydrogens is 228 g/mol. The van der Waals surface area contributed by atoms with E-state index in [1.807, 2.05) is 0 Å². The summed E-state index contributed by atoms with van der Waals surface area (Å²) >= 11 is 0. The van der Waals surface area contributed by atoms with Crippen LogP contribution in [-0.4, -0.2) is 37.2 Å². The van der Waals surface area contributed by atoms with Crippen molar-refractivity contribution in [2.24, 2.45) is 0 Å². The lowest BCUT2D eigenvalue weighted by Crippen LogP contribution is -2.46. The minimum absolute atomic E-state index is 0.0553. The van der Waals surface area contributed by atoms with E-state index >= 15 is 0 Å². The molecule has 2 N–H and O–H groups in total. The van der Waals surface area contributed by atoms with Crippen LogP contribution in [0.3, 0.4) is 0 Å². The van der Waals surface area contributed by atoms with E-state index in [2.05, 4.69) is 17.6 Å². The van der Waals surface area contributed by atoms with Crippen molar-refractivity contribution in [2.45, 2.75) is 70.1 Å². The van der Waals surface area contributed by atoms with Crippen molar-refractivity contribution in [2.75, 3.05) is 13.2 Å². The van der Waals surface area contributed by atoms with Gasteiger partial charge in [0.05, 0.1) is 6.10 Å². The molecule has 1 aliphatic carbocycles. The summed E-state index contributed by atoms with van der Waals surface area (Å²) in [5.41, 5.74) is 0. The second-order valence-electron chi connectivity index (χ2n) is 5.64. The maximum Gasteiger partial charge on any atom is 0.246 e. The third kappa shape index (κ3) is 4.25. The maximum absolute atomic E-state index is 11.8. The molecule has 1 aliphatic heterocycles. The molecule has 1 saturated carbocycles. The minimum Gasteiger partial charge on any atom is -0.367 e. The first-order chi connectivity index (χ1) is 8.75. The van der Waals surface area contributed by atoms with Crippen LogP contribution in [-0.2, 0) is 9.53 Å². The van der Waals surface area contributed by atoms with Gasteiger partial charge in [0.2, 0.25) is 5.91 Å². The Morgan fingerprint density at radius 3 is 2.72 bits per heavy atom. The van der Waals surface area contributed by atoms with Crippen molar-refractivity contribution in [3.05, 3.63) is 0 Å². The zero-order chi connectivity index (χ0) is 12.8. The SMILES string of the molecule is CC1NCCCC1OCC(=O)NC1CCCCC1. The van der Waals surface area contributed by atoms with Crippen LogP contribution in [0, 0.1) is 0 Å². The summed E-state index contributed by atoms with van der Waals surface area (Å²) in [5, 5.41) is 6.47. The highest BCUT2D eigenvalue weighted by molar-refractivity contribution is 5.77. The molecule has 2 unspecified atom stereocenters. The van der Waals surface area contributed by atoms with Crippen LogP contribution >= 0.6 is 0 Å². The Balaban J connectivity index is 1.64. The van der Waals surface area contributed by atoms with E-state index in [9.17, 15) is 4.79 Å². The molecule has 0 radical (unpaired) electrons. The average molecular weight is 254 g/mol. The number of nitrogens with one attached hydrogen (secondary N) is 2. The summed E-state index contributed by atoms with van der Waals surface area (Å²) in [6.45, 7) is 3.41. The Kier molecular flexibility index (Phi) is 5.45. The first kappa shape index (κ1) is 13.8. The summed E-state index contributed by atoms with van der Waals surface area (Å²) in [4.78, 5) is 11.8. The molecule has 2 fully saturated rings. The van der Waals surface area contributed by atoms with Crippen molar-refractivity contribution < 1.29 is 9.53 Å². The summed E-state index contributed by atoms with van der Waals surface area (Å²) in [5.74, 6) is 0.0553. The molecule has 0 bridgehead atoms. The molecule has 1 heterocycles. The zero-order valence-electron chi connectivity index (χ0n) is 11.4. The molecule has 0 aromatic rings. The molecule has 104 valence electrons. The fraction of sp³-hybridized carbons (Fsp3) is 0.929. The number of ether oxygens (including phenoxy) is 1. The highest BCUT2D eigenvalue weighted by atomic mass is 16.5. The lowest BCUT2D eigenvalue weighted by atomic mass is 9.95. The van der Waals surface area contributed by atoms with Crippen molar-refractivity contribution in [3.63, 3.8) is 0 Å². The van der Waals surface area contributed by atoms with Crippen molar-refractivity contribution in [1.82, 2.24) is 10.6 Å². The lowest BCUT2D eigenvalue weighted by Gasteiger charge is -2.30. The normalized spacial score (nSPS) is 30.1. The van der Waals surface area contributed by atoms with Gasteiger partial charge in [-0.25, -0.2) is 0 Å². The Labute approximate surface area is 110 Å². The minimum atomic E-state index is 0.0553. The van der Waals surface area contributed by atoms with E-state index < -0.39 is 0 Å². The molecule has 1 saturated heterocycles. The predicted octanol–water partition coefficient (Wildman–Crippen LogP) is 1.59. The van der Waals surface area contributed by atoms with Gasteiger partial charge in [-0.2, -0.15) is 0 Å². The summed E-state index contributed by atoms with van der Waals surface area (Å²) in [6, 6.07) is 0.748. The van der Waals surface area contributed by atoms with E-state index in [0.717, 1.165) is 32.2 Å². The van der Waals surface area contributed by atoms with Crippen LogP contribution < -0.4 is 10.6 Å². The third-order valence-corrected chi connectivity index (χ3v) is 4.09. The van der Waals surface area contributed by atoms with E-state index in [-0.39, 0.29) is 18.6 Å². The van der Waals surface area contributed by atoms with Gasteiger partial charge in [0.1, 0.15) is 6.61 Å². The fourth-order valence-electron chi connectivity index (χ4n) is 2.94. The largest absolute Gasteiger partial charge is 0.367 e. The quantitative estimate of drug-likeness (QED) is 0.801. The lowest BCUT2D eigenvalue weighted by molar-refractivity contribution is -0.129. The van der Waals surface area contributed by atoms with Gasteiger partial charge in [0, 0.05) is 12.1 Å². The Bertz CT molecular complexity index is 265. The van der Waals surface area contributed by atoms with Crippen molar-refractivity contribution >= 4 is 5.91 Å². The van der Waals surface area contributed by atoms with Gasteiger partial charge < -0.3 is 15.4 Å². The van der Waals surface area contributed by atoms with Crippen LogP contribution in [0.5, 0.6) is 0 Å². The zero-order valence-corrected chi connectivity index (χ0v) is 11.4. The number of carbonyl (C=O) groups is 1. The van der Waals surface area contributed by atoms with E-state index in [0.29, 0.717) is 12.1 Å². The van der Waals surface area contributed by atoms with Crippen LogP contribution in [0.25, 0.3) is 0 Å². The van der Waals surface area contributed by atoms with Crippen LogP contribution in [0.15, 0.2) is 0 Å². The number of hydrogen-bond donors (Lipinski definition) is 2.